The van der Waals surface area contributed by atoms with Crippen LogP contribution in [0.5, 0.6) is 0 Å². The van der Waals surface area contributed by atoms with Crippen LogP contribution < -0.4 is 0 Å². The lowest BCUT2D eigenvalue weighted by atomic mass is 9.62. The Bertz CT molecular complexity index is 1300. The molecule has 1 N–H and O–H groups in total. The topological polar surface area (TPSA) is 95.6 Å². The molecular formula is C30H39N5O3. The Hall–Kier alpha value is -3.10. The molecule has 0 saturated carbocycles. The first-order chi connectivity index (χ1) is 18.0. The van der Waals surface area contributed by atoms with E-state index in [-0.39, 0.29) is 11.8 Å². The minimum absolute atomic E-state index is 0.112. The molecule has 0 bridgehead atoms. The zero-order valence-corrected chi connectivity index (χ0v) is 23.3. The van der Waals surface area contributed by atoms with Crippen LogP contribution in [-0.2, 0) is 10.4 Å². The van der Waals surface area contributed by atoms with Gasteiger partial charge in [0, 0.05) is 61.5 Å². The maximum absolute atomic E-state index is 12.5. The third-order valence-corrected chi connectivity index (χ3v) is 8.11. The number of hydrogen-bond donors (Lipinski definition) is 1. The van der Waals surface area contributed by atoms with Gasteiger partial charge in [0.2, 0.25) is 17.6 Å². The number of likely N-dealkylation sites (tertiary alicyclic amines) is 2. The summed E-state index contributed by atoms with van der Waals surface area (Å²) < 4.78 is 5.63. The number of carbonyl (C=O) groups excluding carboxylic acids is 1. The Kier molecular flexibility index (Phi) is 6.90. The summed E-state index contributed by atoms with van der Waals surface area (Å²) in [6, 6.07) is 10.2. The molecule has 1 amide bonds. The maximum Gasteiger partial charge on any atom is 0.232 e. The highest BCUT2D eigenvalue weighted by Gasteiger charge is 2.55. The van der Waals surface area contributed by atoms with Crippen molar-refractivity contribution in [1.82, 2.24) is 24.9 Å². The van der Waals surface area contributed by atoms with Crippen LogP contribution in [0.2, 0.25) is 0 Å². The number of aliphatic hydroxyl groups is 1. The highest BCUT2D eigenvalue weighted by molar-refractivity contribution is 5.79. The fourth-order valence-corrected chi connectivity index (χ4v) is 6.18. The van der Waals surface area contributed by atoms with E-state index in [1.54, 1.807) is 12.4 Å². The van der Waals surface area contributed by atoms with Crippen LogP contribution in [-0.4, -0.2) is 69.2 Å². The number of nitrogens with zero attached hydrogens (tertiary/aromatic N) is 5. The molecule has 202 valence electrons. The number of aromatic nitrogens is 3. The van der Waals surface area contributed by atoms with Crippen LogP contribution in [0.1, 0.15) is 75.5 Å². The molecule has 1 aromatic carbocycles. The summed E-state index contributed by atoms with van der Waals surface area (Å²) >= 11 is 0. The van der Waals surface area contributed by atoms with Crippen molar-refractivity contribution in [3.05, 3.63) is 65.3 Å². The average Bonchev–Trinajstić information content (AvgIpc) is 3.49. The lowest BCUT2D eigenvalue weighted by molar-refractivity contribution is -0.128. The Morgan fingerprint density at radius 3 is 2.47 bits per heavy atom. The minimum atomic E-state index is -1.25. The summed E-state index contributed by atoms with van der Waals surface area (Å²) in [5.74, 6) is 1.71. The standard InChI is InChI=1S/C30H39N5O3/c1-19(2)15-35-16-23(12-26(35)36)28-32-27(33-38-28)22-11-25(14-31-13-22)30(37,29(5)17-34(6)18-29)24-9-7-21(8-10-24)20(3)4/h7-11,13-14,19-20,23,37H,12,15-18H2,1-6H3/t23?,30-/m0/s1. The molecule has 38 heavy (non-hydrogen) atoms. The molecule has 2 aromatic heterocycles. The zero-order valence-electron chi connectivity index (χ0n) is 23.3. The summed E-state index contributed by atoms with van der Waals surface area (Å²) in [6.07, 6.45) is 3.81. The molecule has 1 unspecified atom stereocenters. The molecule has 2 atom stereocenters. The molecule has 0 aliphatic carbocycles. The largest absolute Gasteiger partial charge is 0.380 e. The molecule has 4 heterocycles. The fraction of sp³-hybridized carbons (Fsp3) is 0.533. The molecule has 3 aromatic rings. The van der Waals surface area contributed by atoms with Gasteiger partial charge >= 0.3 is 0 Å². The molecule has 0 spiro atoms. The number of hydrogen-bond acceptors (Lipinski definition) is 7. The van der Waals surface area contributed by atoms with Crippen LogP contribution in [0.15, 0.2) is 47.2 Å². The van der Waals surface area contributed by atoms with Crippen LogP contribution in [0.4, 0.5) is 0 Å². The van der Waals surface area contributed by atoms with Crippen LogP contribution in [0, 0.1) is 11.3 Å². The number of pyridine rings is 1. The van der Waals surface area contributed by atoms with Crippen LogP contribution >= 0.6 is 0 Å². The summed E-state index contributed by atoms with van der Waals surface area (Å²) in [4.78, 5) is 25.7. The van der Waals surface area contributed by atoms with Crippen LogP contribution in [0.3, 0.4) is 0 Å². The average molecular weight is 518 g/mol. The Labute approximate surface area is 225 Å². The highest BCUT2D eigenvalue weighted by atomic mass is 16.5. The van der Waals surface area contributed by atoms with Gasteiger partial charge in [-0.1, -0.05) is 64.0 Å². The predicted molar refractivity (Wildman–Crippen MR) is 145 cm³/mol. The van der Waals surface area contributed by atoms with E-state index in [0.717, 1.165) is 25.2 Å². The van der Waals surface area contributed by atoms with E-state index in [0.29, 0.717) is 47.6 Å². The summed E-state index contributed by atoms with van der Waals surface area (Å²) in [6.45, 7) is 13.5. The van der Waals surface area contributed by atoms with Crippen LogP contribution in [0.25, 0.3) is 11.4 Å². The number of carbonyl (C=O) groups is 1. The Morgan fingerprint density at radius 2 is 1.84 bits per heavy atom. The van der Waals surface area contributed by atoms with Crippen molar-refractivity contribution in [3.63, 3.8) is 0 Å². The van der Waals surface area contributed by atoms with E-state index >= 15 is 0 Å². The lowest BCUT2D eigenvalue weighted by Gasteiger charge is -2.55. The first-order valence-corrected chi connectivity index (χ1v) is 13.6. The SMILES string of the molecule is CC(C)CN1CC(c2nc(-c3cncc([C@@](O)(c4ccc(C(C)C)cc4)C4(C)CN(C)C4)c3)no2)CC1=O. The van der Waals surface area contributed by atoms with E-state index < -0.39 is 11.0 Å². The van der Waals surface area contributed by atoms with Crippen molar-refractivity contribution in [2.75, 3.05) is 33.2 Å². The Morgan fingerprint density at radius 1 is 1.13 bits per heavy atom. The number of amides is 1. The first-order valence-electron chi connectivity index (χ1n) is 13.6. The van der Waals surface area contributed by atoms with Gasteiger partial charge in [-0.25, -0.2) is 0 Å². The fourth-order valence-electron chi connectivity index (χ4n) is 6.18. The van der Waals surface area contributed by atoms with Gasteiger partial charge in [-0.2, -0.15) is 4.98 Å². The van der Waals surface area contributed by atoms with E-state index in [1.165, 1.54) is 5.56 Å². The van der Waals surface area contributed by atoms with E-state index in [2.05, 4.69) is 73.8 Å². The molecule has 2 aliphatic heterocycles. The maximum atomic E-state index is 12.5. The second kappa shape index (κ2) is 9.89. The molecule has 8 nitrogen and oxygen atoms in total. The summed E-state index contributed by atoms with van der Waals surface area (Å²) in [7, 11) is 2.07. The van der Waals surface area contributed by atoms with Crippen molar-refractivity contribution >= 4 is 5.91 Å². The number of benzene rings is 1. The van der Waals surface area contributed by atoms with Crippen molar-refractivity contribution in [1.29, 1.82) is 0 Å². The van der Waals surface area contributed by atoms with E-state index in [9.17, 15) is 9.90 Å². The quantitative estimate of drug-likeness (QED) is 0.473. The van der Waals surface area contributed by atoms with Crippen molar-refractivity contribution in [2.24, 2.45) is 11.3 Å². The molecule has 2 saturated heterocycles. The van der Waals surface area contributed by atoms with Gasteiger partial charge in [0.15, 0.2) is 0 Å². The van der Waals surface area contributed by atoms with Gasteiger partial charge < -0.3 is 19.4 Å². The summed E-state index contributed by atoms with van der Waals surface area (Å²) in [5.41, 5.74) is 1.81. The predicted octanol–water partition coefficient (Wildman–Crippen LogP) is 4.41. The van der Waals surface area contributed by atoms with Crippen molar-refractivity contribution < 1.29 is 14.4 Å². The van der Waals surface area contributed by atoms with Crippen molar-refractivity contribution in [2.45, 2.75) is 58.5 Å². The second-order valence-corrected chi connectivity index (χ2v) is 12.2. The number of rotatable bonds is 8. The monoisotopic (exact) mass is 517 g/mol. The van der Waals surface area contributed by atoms with Crippen molar-refractivity contribution in [3.8, 4) is 11.4 Å². The smallest absolute Gasteiger partial charge is 0.232 e. The third-order valence-electron chi connectivity index (χ3n) is 8.11. The normalized spacial score (nSPS) is 21.2. The first kappa shape index (κ1) is 26.5. The van der Waals surface area contributed by atoms with Gasteiger partial charge in [0.25, 0.3) is 0 Å². The Balaban J connectivity index is 1.47. The van der Waals surface area contributed by atoms with Gasteiger partial charge in [0.05, 0.1) is 5.92 Å². The van der Waals surface area contributed by atoms with Gasteiger partial charge in [0.1, 0.15) is 5.60 Å². The van der Waals surface area contributed by atoms with Gasteiger partial charge in [-0.15, -0.1) is 0 Å². The van der Waals surface area contributed by atoms with E-state index in [4.69, 9.17) is 4.52 Å². The molecule has 8 heteroatoms. The molecule has 2 fully saturated rings. The third kappa shape index (κ3) is 4.64. The minimum Gasteiger partial charge on any atom is -0.380 e. The second-order valence-electron chi connectivity index (χ2n) is 12.2. The van der Waals surface area contributed by atoms with E-state index in [1.807, 2.05) is 23.1 Å². The van der Waals surface area contributed by atoms with Gasteiger partial charge in [-0.3, -0.25) is 9.78 Å². The van der Waals surface area contributed by atoms with Gasteiger partial charge in [-0.05, 0) is 36.1 Å². The molecule has 0 radical (unpaired) electrons. The highest BCUT2D eigenvalue weighted by Crippen LogP contribution is 2.50. The lowest BCUT2D eigenvalue weighted by Crippen LogP contribution is -2.63. The molecular weight excluding hydrogens is 478 g/mol. The summed E-state index contributed by atoms with van der Waals surface area (Å²) in [5, 5.41) is 16.7. The molecule has 2 aliphatic rings. The molecule has 5 rings (SSSR count). The zero-order chi connectivity index (χ0) is 27.2.